The van der Waals surface area contributed by atoms with E-state index < -0.39 is 30.0 Å². The number of anilines is 4. The zero-order chi connectivity index (χ0) is 44.2. The molecule has 15 heteroatoms. The number of benzene rings is 5. The van der Waals surface area contributed by atoms with Crippen LogP contribution < -0.4 is 21.3 Å². The molecular formula is C45H48N4O9S2. The van der Waals surface area contributed by atoms with Crippen molar-refractivity contribution in [2.24, 2.45) is 16.8 Å². The molecule has 0 aromatic heterocycles. The number of rotatable bonds is 10. The molecule has 0 fully saturated rings. The Labute approximate surface area is 349 Å². The minimum atomic E-state index is -4.99. The van der Waals surface area contributed by atoms with Gasteiger partial charge in [0.25, 0.3) is 20.2 Å². The van der Waals surface area contributed by atoms with Crippen molar-refractivity contribution in [1.29, 1.82) is 0 Å². The second kappa shape index (κ2) is 16.3. The predicted octanol–water partition coefficient (Wildman–Crippen LogP) is 9.71. The summed E-state index contributed by atoms with van der Waals surface area (Å²) >= 11 is 0. The molecule has 0 saturated carbocycles. The lowest BCUT2D eigenvalue weighted by molar-refractivity contribution is -0.119. The van der Waals surface area contributed by atoms with Gasteiger partial charge in [-0.25, -0.2) is 4.99 Å². The molecule has 6 rings (SSSR count). The van der Waals surface area contributed by atoms with E-state index in [-0.39, 0.29) is 57.0 Å². The topological polar surface area (TPSA) is 204 Å². The van der Waals surface area contributed by atoms with E-state index in [9.17, 15) is 35.5 Å². The summed E-state index contributed by atoms with van der Waals surface area (Å²) in [4.78, 5) is 29.2. The van der Waals surface area contributed by atoms with Crippen LogP contribution in [0.4, 0.5) is 28.4 Å². The minimum absolute atomic E-state index is 0.0454. The maximum atomic E-state index is 13.2. The predicted molar refractivity (Wildman–Crippen MR) is 235 cm³/mol. The summed E-state index contributed by atoms with van der Waals surface area (Å²) < 4.78 is 79.5. The van der Waals surface area contributed by atoms with Crippen molar-refractivity contribution in [3.05, 3.63) is 105 Å². The minimum Gasteiger partial charge on any atom is -0.456 e. The molecule has 60 heavy (non-hydrogen) atoms. The van der Waals surface area contributed by atoms with Crippen LogP contribution in [0, 0.1) is 53.4 Å². The Morgan fingerprint density at radius 3 is 1.77 bits per heavy atom. The Morgan fingerprint density at radius 2 is 1.18 bits per heavy atom. The van der Waals surface area contributed by atoms with Gasteiger partial charge in [-0.3, -0.25) is 18.7 Å². The molecule has 1 heterocycles. The van der Waals surface area contributed by atoms with Crippen LogP contribution in [0.3, 0.4) is 0 Å². The first-order chi connectivity index (χ1) is 28.0. The highest BCUT2D eigenvalue weighted by atomic mass is 32.2. The zero-order valence-electron chi connectivity index (χ0n) is 35.0. The monoisotopic (exact) mass is 852 g/mol. The maximum absolute atomic E-state index is 13.2. The van der Waals surface area contributed by atoms with Gasteiger partial charge in [0, 0.05) is 68.8 Å². The number of hydrogen-bond donors (Lipinski definition) is 5. The summed E-state index contributed by atoms with van der Waals surface area (Å²) in [5.41, 5.74) is 8.04. The molecule has 0 saturated heterocycles. The van der Waals surface area contributed by atoms with Gasteiger partial charge < -0.3 is 20.4 Å². The van der Waals surface area contributed by atoms with Crippen LogP contribution >= 0.6 is 0 Å². The van der Waals surface area contributed by atoms with Crippen LogP contribution in [0.5, 0.6) is 0 Å². The van der Waals surface area contributed by atoms with Gasteiger partial charge in [-0.2, -0.15) is 16.8 Å². The van der Waals surface area contributed by atoms with Crippen LogP contribution in [0.25, 0.3) is 33.4 Å². The summed E-state index contributed by atoms with van der Waals surface area (Å²) in [5.74, 6) is -0.824. The van der Waals surface area contributed by atoms with E-state index in [0.29, 0.717) is 39.3 Å². The first kappa shape index (κ1) is 43.7. The van der Waals surface area contributed by atoms with Crippen molar-refractivity contribution in [3.8, 4) is 22.5 Å². The van der Waals surface area contributed by atoms with Gasteiger partial charge >= 0.3 is 0 Å². The molecule has 1 aliphatic carbocycles. The summed E-state index contributed by atoms with van der Waals surface area (Å²) in [7, 11) is -9.79. The third-order valence-electron chi connectivity index (χ3n) is 10.5. The highest BCUT2D eigenvalue weighted by Gasteiger charge is 2.27. The number of nitrogens with one attached hydrogen (secondary N) is 3. The molecule has 2 amide bonds. The van der Waals surface area contributed by atoms with E-state index in [1.807, 2.05) is 53.7 Å². The number of amides is 2. The molecule has 1 aliphatic heterocycles. The first-order valence-electron chi connectivity index (χ1n) is 19.2. The fourth-order valence-corrected chi connectivity index (χ4v) is 8.71. The SMILES string of the molecule is Cc1cc(C)c(NC(=O)C(C)C)c(C)c1/N=c1\cc2oc3cc(Nc4c(C)cc(C)c(NC(=O)C(C)C)c4C)ccc3c(-c3ccccc3S(=O)(=O)O)c-2cc1S(=O)(=O)O. The number of aryl methyl sites for hydroxylation is 4. The van der Waals surface area contributed by atoms with Crippen LogP contribution in [-0.4, -0.2) is 37.8 Å². The third kappa shape index (κ3) is 8.57. The molecule has 13 nitrogen and oxygen atoms in total. The Bertz CT molecular complexity index is 3020. The fraction of sp³-hybridized carbons (Fsp3) is 0.267. The molecule has 0 bridgehead atoms. The Balaban J connectivity index is 1.67. The molecule has 5 N–H and O–H groups in total. The molecular weight excluding hydrogens is 805 g/mol. The molecule has 2 aliphatic rings. The average molecular weight is 853 g/mol. The number of carbonyl (C=O) groups excluding carboxylic acids is 2. The number of nitrogens with zero attached hydrogens (tertiary/aromatic N) is 1. The first-order valence-corrected chi connectivity index (χ1v) is 22.1. The largest absolute Gasteiger partial charge is 0.456 e. The van der Waals surface area contributed by atoms with E-state index in [0.717, 1.165) is 27.9 Å². The molecule has 314 valence electrons. The van der Waals surface area contributed by atoms with E-state index in [4.69, 9.17) is 9.41 Å². The van der Waals surface area contributed by atoms with E-state index in [1.54, 1.807) is 52.0 Å². The molecule has 0 atom stereocenters. The molecule has 0 spiro atoms. The van der Waals surface area contributed by atoms with Crippen molar-refractivity contribution < 1.29 is 39.9 Å². The number of carbonyl (C=O) groups is 2. The van der Waals surface area contributed by atoms with Crippen LogP contribution in [0.1, 0.15) is 61.1 Å². The van der Waals surface area contributed by atoms with Crippen LogP contribution in [0.2, 0.25) is 0 Å². The highest BCUT2D eigenvalue weighted by Crippen LogP contribution is 2.44. The number of hydrogen-bond acceptors (Lipinski definition) is 9. The molecule has 0 unspecified atom stereocenters. The lowest BCUT2D eigenvalue weighted by atomic mass is 9.93. The Morgan fingerprint density at radius 1 is 0.633 bits per heavy atom. The van der Waals surface area contributed by atoms with Gasteiger partial charge in [0.2, 0.25) is 11.8 Å². The quantitative estimate of drug-likeness (QED) is 0.0652. The maximum Gasteiger partial charge on any atom is 0.296 e. The lowest BCUT2D eigenvalue weighted by Gasteiger charge is -2.21. The summed E-state index contributed by atoms with van der Waals surface area (Å²) in [5, 5.41) is 9.59. The smallest absolute Gasteiger partial charge is 0.296 e. The van der Waals surface area contributed by atoms with Crippen molar-refractivity contribution in [2.45, 2.75) is 79.0 Å². The van der Waals surface area contributed by atoms with Crippen molar-refractivity contribution in [2.75, 3.05) is 16.0 Å². The normalized spacial score (nSPS) is 12.5. The average Bonchev–Trinajstić information content (AvgIpc) is 3.15. The van der Waals surface area contributed by atoms with Gasteiger partial charge in [0.05, 0.1) is 11.0 Å². The second-order valence-electron chi connectivity index (χ2n) is 15.7. The van der Waals surface area contributed by atoms with Gasteiger partial charge in [-0.1, -0.05) is 58.0 Å². The zero-order valence-corrected chi connectivity index (χ0v) is 36.7. The van der Waals surface area contributed by atoms with Crippen molar-refractivity contribution >= 4 is 71.5 Å². The van der Waals surface area contributed by atoms with E-state index in [2.05, 4.69) is 16.0 Å². The summed E-state index contributed by atoms with van der Waals surface area (Å²) in [6.45, 7) is 18.3. The molecule has 0 radical (unpaired) electrons. The van der Waals surface area contributed by atoms with Crippen molar-refractivity contribution in [1.82, 2.24) is 0 Å². The van der Waals surface area contributed by atoms with Gasteiger partial charge in [0.15, 0.2) is 0 Å². The lowest BCUT2D eigenvalue weighted by Crippen LogP contribution is -2.19. The van der Waals surface area contributed by atoms with Crippen LogP contribution in [-0.2, 0) is 29.8 Å². The summed E-state index contributed by atoms with van der Waals surface area (Å²) in [6.07, 6.45) is 0. The fourth-order valence-electron chi connectivity index (χ4n) is 7.38. The summed E-state index contributed by atoms with van der Waals surface area (Å²) in [6, 6.07) is 17.1. The van der Waals surface area contributed by atoms with Crippen LogP contribution in [0.15, 0.2) is 85.9 Å². The third-order valence-corrected chi connectivity index (χ3v) is 12.3. The van der Waals surface area contributed by atoms with Gasteiger partial charge in [0.1, 0.15) is 21.1 Å². The standard InChI is InChI=1S/C45H48N4O9S2/c1-22(2)44(50)48-42-26(7)17-24(5)40(28(42)9)46-30-15-16-31-35(19-30)58-36-21-34(47-41-25(6)18-27(8)43(29(41)10)49-45(51)23(3)4)38(60(55,56)57)20-33(36)39(31)32-13-11-12-14-37(32)59(52,53)54/h11-23,46H,1-10H3,(H,48,50)(H,49,51)(H,52,53,54)(H,55,56,57)/b47-34+. The molecule has 4 aromatic carbocycles. The number of fused-ring (bicyclic) bond motifs is 2. The Kier molecular flexibility index (Phi) is 11.9. The van der Waals surface area contributed by atoms with Gasteiger partial charge in [-0.05, 0) is 99.2 Å². The van der Waals surface area contributed by atoms with Gasteiger partial charge in [-0.15, -0.1) is 0 Å². The van der Waals surface area contributed by atoms with E-state index in [1.165, 1.54) is 30.3 Å². The second-order valence-corrected chi connectivity index (χ2v) is 18.5. The Hall–Kier alpha value is -5.87. The van der Waals surface area contributed by atoms with Crippen molar-refractivity contribution in [3.63, 3.8) is 0 Å². The van der Waals surface area contributed by atoms with E-state index >= 15 is 0 Å². The molecule has 4 aromatic rings. The highest BCUT2D eigenvalue weighted by molar-refractivity contribution is 7.86.